The third-order valence-electron chi connectivity index (χ3n) is 5.89. The molecule has 0 aliphatic rings. The molecule has 1 atom stereocenters. The third-order valence-corrected chi connectivity index (χ3v) is 6.60. The SMILES string of the molecule is CCCCCC(=O)N[C@H](C(=O)NCc1ccc(N=C(N)N)cc1)c1ccc(OCc2c(Cl)cccc2Cl)cc1. The van der Waals surface area contributed by atoms with Crippen molar-refractivity contribution in [2.75, 3.05) is 0 Å². The van der Waals surface area contributed by atoms with E-state index in [0.29, 0.717) is 39.0 Å². The number of hydrogen-bond donors (Lipinski definition) is 4. The van der Waals surface area contributed by atoms with Gasteiger partial charge in [0.25, 0.3) is 0 Å². The fraction of sp³-hybridized carbons (Fsp3) is 0.276. The van der Waals surface area contributed by atoms with E-state index < -0.39 is 6.04 Å². The Balaban J connectivity index is 1.69. The van der Waals surface area contributed by atoms with Crippen molar-refractivity contribution in [3.63, 3.8) is 0 Å². The quantitative estimate of drug-likeness (QED) is 0.122. The largest absolute Gasteiger partial charge is 0.489 e. The Labute approximate surface area is 238 Å². The lowest BCUT2D eigenvalue weighted by Gasteiger charge is -2.20. The van der Waals surface area contributed by atoms with Gasteiger partial charge in [-0.15, -0.1) is 0 Å². The molecule has 3 rings (SSSR count). The first-order valence-electron chi connectivity index (χ1n) is 12.7. The van der Waals surface area contributed by atoms with E-state index in [1.807, 2.05) is 12.1 Å². The second kappa shape index (κ2) is 15.0. The van der Waals surface area contributed by atoms with Gasteiger partial charge >= 0.3 is 0 Å². The molecular weight excluding hydrogens is 537 g/mol. The summed E-state index contributed by atoms with van der Waals surface area (Å²) in [6, 6.07) is 18.5. The van der Waals surface area contributed by atoms with Crippen LogP contribution in [0, 0.1) is 0 Å². The molecule has 10 heteroatoms. The van der Waals surface area contributed by atoms with Gasteiger partial charge in [0.2, 0.25) is 11.8 Å². The van der Waals surface area contributed by atoms with Gasteiger partial charge in [-0.25, -0.2) is 4.99 Å². The van der Waals surface area contributed by atoms with Gasteiger partial charge in [0.05, 0.1) is 5.69 Å². The Bertz CT molecular complexity index is 1260. The van der Waals surface area contributed by atoms with Crippen molar-refractivity contribution in [1.29, 1.82) is 0 Å². The molecule has 0 heterocycles. The number of hydrogen-bond acceptors (Lipinski definition) is 4. The summed E-state index contributed by atoms with van der Waals surface area (Å²) < 4.78 is 5.85. The van der Waals surface area contributed by atoms with Crippen LogP contribution in [0.1, 0.15) is 55.3 Å². The molecule has 8 nitrogen and oxygen atoms in total. The van der Waals surface area contributed by atoms with Crippen molar-refractivity contribution in [2.24, 2.45) is 16.5 Å². The summed E-state index contributed by atoms with van der Waals surface area (Å²) in [6.07, 6.45) is 3.06. The van der Waals surface area contributed by atoms with E-state index >= 15 is 0 Å². The first-order chi connectivity index (χ1) is 18.8. The maximum absolute atomic E-state index is 13.2. The summed E-state index contributed by atoms with van der Waals surface area (Å²) in [6.45, 7) is 2.53. The van der Waals surface area contributed by atoms with Crippen LogP contribution < -0.4 is 26.8 Å². The van der Waals surface area contributed by atoms with Crippen molar-refractivity contribution < 1.29 is 14.3 Å². The highest BCUT2D eigenvalue weighted by Crippen LogP contribution is 2.26. The van der Waals surface area contributed by atoms with Crippen molar-refractivity contribution in [3.8, 4) is 5.75 Å². The van der Waals surface area contributed by atoms with Crippen LogP contribution in [0.2, 0.25) is 10.0 Å². The minimum Gasteiger partial charge on any atom is -0.489 e. The third kappa shape index (κ3) is 9.50. The Kier molecular flexibility index (Phi) is 11.5. The lowest BCUT2D eigenvalue weighted by atomic mass is 10.0. The van der Waals surface area contributed by atoms with Crippen LogP contribution in [0.3, 0.4) is 0 Å². The van der Waals surface area contributed by atoms with Crippen molar-refractivity contribution in [2.45, 2.75) is 51.8 Å². The van der Waals surface area contributed by atoms with Gasteiger partial charge in [-0.05, 0) is 53.9 Å². The summed E-state index contributed by atoms with van der Waals surface area (Å²) in [5, 5.41) is 6.83. The molecule has 206 valence electrons. The highest BCUT2D eigenvalue weighted by molar-refractivity contribution is 6.35. The second-order valence-electron chi connectivity index (χ2n) is 8.94. The average molecular weight is 571 g/mol. The molecule has 0 radical (unpaired) electrons. The van der Waals surface area contributed by atoms with Crippen LogP contribution in [0.4, 0.5) is 5.69 Å². The fourth-order valence-electron chi connectivity index (χ4n) is 3.78. The van der Waals surface area contributed by atoms with Crippen LogP contribution in [-0.2, 0) is 22.7 Å². The minimum absolute atomic E-state index is 0.0300. The van der Waals surface area contributed by atoms with Gasteiger partial charge in [0.15, 0.2) is 5.96 Å². The molecule has 39 heavy (non-hydrogen) atoms. The maximum Gasteiger partial charge on any atom is 0.247 e. The lowest BCUT2D eigenvalue weighted by molar-refractivity contribution is -0.129. The van der Waals surface area contributed by atoms with Crippen molar-refractivity contribution in [1.82, 2.24) is 10.6 Å². The van der Waals surface area contributed by atoms with E-state index in [2.05, 4.69) is 22.5 Å². The Morgan fingerprint density at radius 1 is 0.949 bits per heavy atom. The van der Waals surface area contributed by atoms with Crippen LogP contribution in [0.15, 0.2) is 71.7 Å². The number of nitrogens with two attached hydrogens (primary N) is 2. The maximum atomic E-state index is 13.2. The number of unbranched alkanes of at least 4 members (excludes halogenated alkanes) is 2. The van der Waals surface area contributed by atoms with E-state index in [0.717, 1.165) is 24.8 Å². The molecule has 0 fully saturated rings. The fourth-order valence-corrected chi connectivity index (χ4v) is 4.29. The van der Waals surface area contributed by atoms with E-state index in [1.54, 1.807) is 54.6 Å². The molecule has 0 saturated heterocycles. The molecule has 0 unspecified atom stereocenters. The Morgan fingerprint density at radius 3 is 2.23 bits per heavy atom. The Morgan fingerprint density at radius 2 is 1.62 bits per heavy atom. The predicted molar refractivity (Wildman–Crippen MR) is 156 cm³/mol. The predicted octanol–water partition coefficient (Wildman–Crippen LogP) is 5.53. The average Bonchev–Trinajstić information content (AvgIpc) is 2.91. The van der Waals surface area contributed by atoms with Gasteiger partial charge in [-0.2, -0.15) is 0 Å². The number of aliphatic imine (C=N–C) groups is 1. The summed E-state index contributed by atoms with van der Waals surface area (Å²) in [7, 11) is 0. The monoisotopic (exact) mass is 569 g/mol. The van der Waals surface area contributed by atoms with Gasteiger partial charge in [-0.1, -0.05) is 73.3 Å². The molecule has 6 N–H and O–H groups in total. The molecule has 0 aliphatic heterocycles. The first-order valence-corrected chi connectivity index (χ1v) is 13.4. The molecule has 0 aromatic heterocycles. The number of nitrogens with one attached hydrogen (secondary N) is 2. The normalized spacial score (nSPS) is 11.4. The zero-order valence-corrected chi connectivity index (χ0v) is 23.3. The van der Waals surface area contributed by atoms with E-state index in [4.69, 9.17) is 39.4 Å². The second-order valence-corrected chi connectivity index (χ2v) is 9.75. The number of nitrogens with zero attached hydrogens (tertiary/aromatic N) is 1. The van der Waals surface area contributed by atoms with Crippen molar-refractivity contribution >= 4 is 46.7 Å². The summed E-state index contributed by atoms with van der Waals surface area (Å²) >= 11 is 12.5. The molecular formula is C29H33Cl2N5O3. The van der Waals surface area contributed by atoms with Crippen LogP contribution in [0.5, 0.6) is 5.75 Å². The number of rotatable bonds is 13. The molecule has 0 saturated carbocycles. The number of guanidine groups is 1. The van der Waals surface area contributed by atoms with E-state index in [9.17, 15) is 9.59 Å². The summed E-state index contributed by atoms with van der Waals surface area (Å²) in [4.78, 5) is 29.8. The summed E-state index contributed by atoms with van der Waals surface area (Å²) in [5.41, 5.74) is 13.6. The molecule has 3 aromatic rings. The molecule has 2 amide bonds. The standard InChI is InChI=1S/C29H33Cl2N5O3/c1-2-3-4-8-26(37)36-27(28(38)34-17-19-9-13-21(14-10-19)35-29(32)33)20-11-15-22(16-12-20)39-18-23-24(30)6-5-7-25(23)31/h5-7,9-16,27H,2-4,8,17-18H2,1H3,(H,34,38)(H,36,37)(H4,32,33,35)/t27-/m0/s1. The molecule has 3 aromatic carbocycles. The van der Waals surface area contributed by atoms with Gasteiger partial charge in [-0.3, -0.25) is 9.59 Å². The number of ether oxygens (including phenoxy) is 1. The zero-order valence-electron chi connectivity index (χ0n) is 21.8. The number of benzene rings is 3. The number of amides is 2. The van der Waals surface area contributed by atoms with Crippen LogP contribution in [0.25, 0.3) is 0 Å². The van der Waals surface area contributed by atoms with E-state index in [-0.39, 0.29) is 30.9 Å². The highest BCUT2D eigenvalue weighted by Gasteiger charge is 2.22. The molecule has 0 bridgehead atoms. The number of carbonyl (C=O) groups excluding carboxylic acids is 2. The first kappa shape index (κ1) is 29.8. The van der Waals surface area contributed by atoms with Crippen LogP contribution in [-0.4, -0.2) is 17.8 Å². The topological polar surface area (TPSA) is 132 Å². The lowest BCUT2D eigenvalue weighted by Crippen LogP contribution is -2.40. The molecule has 0 spiro atoms. The van der Waals surface area contributed by atoms with Gasteiger partial charge in [0, 0.05) is 28.6 Å². The Hall–Kier alpha value is -3.75. The van der Waals surface area contributed by atoms with Crippen molar-refractivity contribution in [3.05, 3.63) is 93.5 Å². The zero-order chi connectivity index (χ0) is 28.2. The van der Waals surface area contributed by atoms with Crippen LogP contribution >= 0.6 is 23.2 Å². The number of halogens is 2. The molecule has 0 aliphatic carbocycles. The minimum atomic E-state index is -0.868. The summed E-state index contributed by atoms with van der Waals surface area (Å²) in [5.74, 6) is 0.0317. The smallest absolute Gasteiger partial charge is 0.247 e. The number of carbonyl (C=O) groups is 2. The van der Waals surface area contributed by atoms with E-state index in [1.165, 1.54) is 0 Å². The highest BCUT2D eigenvalue weighted by atomic mass is 35.5. The van der Waals surface area contributed by atoms with Gasteiger partial charge in [0.1, 0.15) is 18.4 Å². The van der Waals surface area contributed by atoms with Gasteiger partial charge < -0.3 is 26.8 Å².